The Morgan fingerprint density at radius 1 is 1.36 bits per heavy atom. The zero-order chi connectivity index (χ0) is 11.0. The average Bonchev–Trinajstić information content (AvgIpc) is 2.08. The molecule has 0 saturated carbocycles. The van der Waals surface area contributed by atoms with Gasteiger partial charge in [0, 0.05) is 6.61 Å². The molecule has 0 aliphatic rings. The van der Waals surface area contributed by atoms with E-state index in [9.17, 15) is 5.11 Å². The van der Waals surface area contributed by atoms with Gasteiger partial charge in [0.2, 0.25) is 0 Å². The standard InChI is InChI=1S/C7H19NO5P/c1-14(10,11)13-6-7(9)5-12-4-2-3-8/h7,9-11H,2-6,8H2,1H3/q+1. The molecule has 0 aliphatic carbocycles. The lowest BCUT2D eigenvalue weighted by molar-refractivity contribution is 0.00783. The van der Waals surface area contributed by atoms with E-state index in [4.69, 9.17) is 20.3 Å². The van der Waals surface area contributed by atoms with Crippen LogP contribution in [0.2, 0.25) is 0 Å². The summed E-state index contributed by atoms with van der Waals surface area (Å²) in [6.45, 7) is 2.18. The Bertz CT molecular complexity index is 141. The number of ether oxygens (including phenoxy) is 1. The summed E-state index contributed by atoms with van der Waals surface area (Å²) >= 11 is 0. The number of hydrogen-bond acceptors (Lipinski definition) is 6. The van der Waals surface area contributed by atoms with Gasteiger partial charge in [-0.05, 0) is 13.0 Å². The van der Waals surface area contributed by atoms with Crippen molar-refractivity contribution in [1.82, 2.24) is 0 Å². The number of nitrogens with two attached hydrogens (primary N) is 1. The van der Waals surface area contributed by atoms with Crippen molar-refractivity contribution in [3.63, 3.8) is 0 Å². The molecule has 0 aliphatic heterocycles. The number of aliphatic hydroxyl groups is 1. The molecule has 0 bridgehead atoms. The maximum atomic E-state index is 9.23. The Labute approximate surface area is 84.2 Å². The highest BCUT2D eigenvalue weighted by Crippen LogP contribution is 2.46. The third kappa shape index (κ3) is 10.3. The molecule has 5 N–H and O–H groups in total. The number of aliphatic hydroxyl groups excluding tert-OH is 1. The molecule has 7 heteroatoms. The fourth-order valence-corrected chi connectivity index (χ4v) is 1.13. The van der Waals surface area contributed by atoms with Gasteiger partial charge in [-0.15, -0.1) is 0 Å². The Balaban J connectivity index is 3.32. The van der Waals surface area contributed by atoms with Crippen LogP contribution in [0, 0.1) is 0 Å². The summed E-state index contributed by atoms with van der Waals surface area (Å²) in [5.41, 5.74) is 5.23. The van der Waals surface area contributed by atoms with Crippen LogP contribution in [0.5, 0.6) is 0 Å². The van der Waals surface area contributed by atoms with Gasteiger partial charge in [0.05, 0.1) is 6.61 Å². The van der Waals surface area contributed by atoms with Crippen molar-refractivity contribution in [2.24, 2.45) is 5.73 Å². The molecule has 1 atom stereocenters. The summed E-state index contributed by atoms with van der Waals surface area (Å²) in [5, 5.41) is 9.23. The molecule has 0 saturated heterocycles. The van der Waals surface area contributed by atoms with Crippen LogP contribution in [0.3, 0.4) is 0 Å². The predicted molar refractivity (Wildman–Crippen MR) is 53.7 cm³/mol. The molecular weight excluding hydrogens is 209 g/mol. The highest BCUT2D eigenvalue weighted by molar-refractivity contribution is 7.58. The van der Waals surface area contributed by atoms with E-state index in [1.807, 2.05) is 0 Å². The first-order valence-electron chi connectivity index (χ1n) is 4.38. The quantitative estimate of drug-likeness (QED) is 0.317. The summed E-state index contributed by atoms with van der Waals surface area (Å²) in [6.07, 6.45) is -0.107. The van der Waals surface area contributed by atoms with E-state index in [0.29, 0.717) is 13.2 Å². The summed E-state index contributed by atoms with van der Waals surface area (Å²) < 4.78 is 9.66. The topological polar surface area (TPSA) is 105 Å². The summed E-state index contributed by atoms with van der Waals surface area (Å²) in [5.74, 6) is 0. The van der Waals surface area contributed by atoms with Crippen molar-refractivity contribution < 1.29 is 24.2 Å². The van der Waals surface area contributed by atoms with E-state index < -0.39 is 14.0 Å². The number of rotatable bonds is 8. The van der Waals surface area contributed by atoms with E-state index in [0.717, 1.165) is 6.42 Å². The Kier molecular flexibility index (Phi) is 7.58. The van der Waals surface area contributed by atoms with Gasteiger partial charge in [0.25, 0.3) is 0 Å². The fourth-order valence-electron chi connectivity index (χ4n) is 0.680. The van der Waals surface area contributed by atoms with Crippen LogP contribution in [0.1, 0.15) is 6.42 Å². The molecule has 0 rings (SSSR count). The first-order valence-corrected chi connectivity index (χ1v) is 6.44. The molecule has 1 unspecified atom stereocenters. The van der Waals surface area contributed by atoms with E-state index in [2.05, 4.69) is 4.52 Å². The van der Waals surface area contributed by atoms with Gasteiger partial charge in [0.15, 0.2) is 0 Å². The maximum Gasteiger partial charge on any atom is 0.403 e. The van der Waals surface area contributed by atoms with Crippen LogP contribution in [0.15, 0.2) is 0 Å². The third-order valence-corrected chi connectivity index (χ3v) is 1.95. The molecule has 86 valence electrons. The average molecular weight is 228 g/mol. The molecule has 14 heavy (non-hydrogen) atoms. The van der Waals surface area contributed by atoms with Crippen LogP contribution in [0.4, 0.5) is 0 Å². The largest absolute Gasteiger partial charge is 0.403 e. The van der Waals surface area contributed by atoms with Crippen LogP contribution in [-0.2, 0) is 9.26 Å². The molecule has 0 radical (unpaired) electrons. The van der Waals surface area contributed by atoms with Gasteiger partial charge in [-0.2, -0.15) is 14.3 Å². The minimum Gasteiger partial charge on any atom is -0.388 e. The van der Waals surface area contributed by atoms with E-state index in [-0.39, 0.29) is 13.2 Å². The van der Waals surface area contributed by atoms with Crippen molar-refractivity contribution in [2.75, 3.05) is 33.0 Å². The summed E-state index contributed by atoms with van der Waals surface area (Å²) in [6, 6.07) is 0. The van der Waals surface area contributed by atoms with Gasteiger partial charge in [-0.25, -0.2) is 0 Å². The fraction of sp³-hybridized carbons (Fsp3) is 1.00. The lowest BCUT2D eigenvalue weighted by Crippen LogP contribution is -2.22. The van der Waals surface area contributed by atoms with Gasteiger partial charge in [0.1, 0.15) is 19.4 Å². The van der Waals surface area contributed by atoms with Crippen LogP contribution in [0.25, 0.3) is 0 Å². The molecule has 0 aromatic rings. The minimum atomic E-state index is -3.25. The minimum absolute atomic E-state index is 0.111. The van der Waals surface area contributed by atoms with Crippen LogP contribution in [-0.4, -0.2) is 54.0 Å². The maximum absolute atomic E-state index is 9.23. The molecule has 0 fully saturated rings. The molecule has 0 spiro atoms. The van der Waals surface area contributed by atoms with Crippen LogP contribution >= 0.6 is 7.94 Å². The van der Waals surface area contributed by atoms with Crippen molar-refractivity contribution >= 4 is 7.94 Å². The second-order valence-electron chi connectivity index (χ2n) is 3.00. The molecule has 0 aromatic carbocycles. The zero-order valence-corrected chi connectivity index (χ0v) is 9.19. The molecule has 6 nitrogen and oxygen atoms in total. The van der Waals surface area contributed by atoms with Crippen molar-refractivity contribution in [3.05, 3.63) is 0 Å². The van der Waals surface area contributed by atoms with Crippen LogP contribution < -0.4 is 5.73 Å². The predicted octanol–water partition coefficient (Wildman–Crippen LogP) is -0.894. The first kappa shape index (κ1) is 14.2. The smallest absolute Gasteiger partial charge is 0.388 e. The lowest BCUT2D eigenvalue weighted by atomic mass is 10.4. The zero-order valence-electron chi connectivity index (χ0n) is 8.30. The number of hydrogen-bond donors (Lipinski definition) is 4. The monoisotopic (exact) mass is 228 g/mol. The van der Waals surface area contributed by atoms with Gasteiger partial charge >= 0.3 is 7.94 Å². The van der Waals surface area contributed by atoms with Gasteiger partial charge in [-0.3, -0.25) is 0 Å². The van der Waals surface area contributed by atoms with E-state index in [1.165, 1.54) is 6.66 Å². The van der Waals surface area contributed by atoms with E-state index in [1.54, 1.807) is 0 Å². The van der Waals surface area contributed by atoms with E-state index >= 15 is 0 Å². The highest BCUT2D eigenvalue weighted by Gasteiger charge is 2.28. The van der Waals surface area contributed by atoms with Crippen molar-refractivity contribution in [2.45, 2.75) is 12.5 Å². The molecule has 0 amide bonds. The molecular formula is C7H19NO5P+. The lowest BCUT2D eigenvalue weighted by Gasteiger charge is -2.11. The Hall–Kier alpha value is 0.190. The summed E-state index contributed by atoms with van der Waals surface area (Å²) in [7, 11) is -3.25. The van der Waals surface area contributed by atoms with Crippen molar-refractivity contribution in [1.29, 1.82) is 0 Å². The highest BCUT2D eigenvalue weighted by atomic mass is 31.2. The van der Waals surface area contributed by atoms with Gasteiger partial charge < -0.3 is 15.6 Å². The SMILES string of the molecule is C[P+](O)(O)OCC(O)COCCCN. The Morgan fingerprint density at radius 2 is 2.00 bits per heavy atom. The second-order valence-corrected chi connectivity index (χ2v) is 4.93. The first-order chi connectivity index (χ1) is 6.45. The molecule has 0 heterocycles. The normalized spacial score (nSPS) is 14.4. The van der Waals surface area contributed by atoms with Gasteiger partial charge in [-0.1, -0.05) is 0 Å². The molecule has 0 aromatic heterocycles. The Morgan fingerprint density at radius 3 is 2.50 bits per heavy atom. The summed E-state index contributed by atoms with van der Waals surface area (Å²) in [4.78, 5) is 17.7. The van der Waals surface area contributed by atoms with Crippen molar-refractivity contribution in [3.8, 4) is 0 Å². The second kappa shape index (κ2) is 7.48. The third-order valence-electron chi connectivity index (χ3n) is 1.31.